The van der Waals surface area contributed by atoms with Crippen LogP contribution >= 0.6 is 11.6 Å². The van der Waals surface area contributed by atoms with Crippen molar-refractivity contribution in [1.29, 1.82) is 0 Å². The summed E-state index contributed by atoms with van der Waals surface area (Å²) in [7, 11) is 1.81. The van der Waals surface area contributed by atoms with Gasteiger partial charge in [-0.1, -0.05) is 30.7 Å². The van der Waals surface area contributed by atoms with E-state index < -0.39 is 0 Å². The van der Waals surface area contributed by atoms with Crippen molar-refractivity contribution in [2.24, 2.45) is 0 Å². The number of hydrogen-bond donors (Lipinski definition) is 1. The van der Waals surface area contributed by atoms with Gasteiger partial charge in [0.15, 0.2) is 0 Å². The van der Waals surface area contributed by atoms with E-state index in [9.17, 15) is 4.79 Å². The second kappa shape index (κ2) is 6.68. The van der Waals surface area contributed by atoms with E-state index in [2.05, 4.69) is 15.4 Å². The van der Waals surface area contributed by atoms with Gasteiger partial charge >= 0.3 is 0 Å². The van der Waals surface area contributed by atoms with Crippen LogP contribution in [0.15, 0.2) is 24.3 Å². The van der Waals surface area contributed by atoms with Crippen LogP contribution in [0.25, 0.3) is 5.69 Å². The van der Waals surface area contributed by atoms with Crippen LogP contribution in [0.3, 0.4) is 0 Å². The number of likely N-dealkylation sites (N-methyl/N-ethyl adjacent to an activating group) is 1. The molecular weight excluding hydrogens is 314 g/mol. The Morgan fingerprint density at radius 3 is 2.91 bits per heavy atom. The Bertz CT molecular complexity index is 708. The minimum Gasteiger partial charge on any atom is -0.335 e. The lowest BCUT2D eigenvalue weighted by atomic mass is 10.2. The number of nitrogens with zero attached hydrogens (tertiary/aromatic N) is 4. The number of aromatic nitrogens is 3. The second-order valence-corrected chi connectivity index (χ2v) is 6.04. The van der Waals surface area contributed by atoms with Gasteiger partial charge in [-0.15, -0.1) is 5.10 Å². The highest BCUT2D eigenvalue weighted by Gasteiger charge is 2.27. The third-order valence-corrected chi connectivity index (χ3v) is 4.48. The van der Waals surface area contributed by atoms with E-state index in [1.54, 1.807) is 15.6 Å². The van der Waals surface area contributed by atoms with Crippen LogP contribution < -0.4 is 5.32 Å². The first-order chi connectivity index (χ1) is 11.1. The van der Waals surface area contributed by atoms with Crippen LogP contribution in [0.2, 0.25) is 5.02 Å². The maximum atomic E-state index is 12.7. The third-order valence-electron chi connectivity index (χ3n) is 4.16. The number of carbonyl (C=O) groups excluding carboxylic acids is 1. The zero-order valence-corrected chi connectivity index (χ0v) is 14.0. The first-order valence-corrected chi connectivity index (χ1v) is 8.18. The summed E-state index contributed by atoms with van der Waals surface area (Å²) in [6, 6.07) is 7.62. The van der Waals surface area contributed by atoms with Crippen LogP contribution in [-0.2, 0) is 6.42 Å². The first kappa shape index (κ1) is 16.0. The molecule has 3 rings (SSSR count). The molecule has 1 saturated heterocycles. The van der Waals surface area contributed by atoms with Gasteiger partial charge in [-0.05, 0) is 25.1 Å². The minimum absolute atomic E-state index is 0.154. The lowest BCUT2D eigenvalue weighted by Gasteiger charge is -2.22. The van der Waals surface area contributed by atoms with Gasteiger partial charge in [0, 0.05) is 26.1 Å². The predicted octanol–water partition coefficient (Wildman–Crippen LogP) is 1.92. The number of hydrogen-bond acceptors (Lipinski definition) is 4. The summed E-state index contributed by atoms with van der Waals surface area (Å²) >= 11 is 6.25. The van der Waals surface area contributed by atoms with Crippen molar-refractivity contribution in [2.75, 3.05) is 20.1 Å². The molecule has 1 aliphatic heterocycles. The highest BCUT2D eigenvalue weighted by Crippen LogP contribution is 2.21. The zero-order chi connectivity index (χ0) is 16.4. The number of nitrogens with one attached hydrogen (secondary N) is 1. The van der Waals surface area contributed by atoms with Crippen LogP contribution in [0.4, 0.5) is 0 Å². The molecule has 0 radical (unpaired) electrons. The zero-order valence-electron chi connectivity index (χ0n) is 13.3. The second-order valence-electron chi connectivity index (χ2n) is 5.63. The Labute approximate surface area is 140 Å². The van der Waals surface area contributed by atoms with Crippen LogP contribution in [0.5, 0.6) is 0 Å². The predicted molar refractivity (Wildman–Crippen MR) is 89.1 cm³/mol. The van der Waals surface area contributed by atoms with E-state index >= 15 is 0 Å². The van der Waals surface area contributed by atoms with E-state index in [0.29, 0.717) is 11.4 Å². The van der Waals surface area contributed by atoms with E-state index in [0.717, 1.165) is 31.0 Å². The fourth-order valence-electron chi connectivity index (χ4n) is 2.77. The molecule has 1 N–H and O–H groups in total. The molecule has 2 heterocycles. The summed E-state index contributed by atoms with van der Waals surface area (Å²) in [5, 5.41) is 8.26. The van der Waals surface area contributed by atoms with Crippen molar-refractivity contribution in [2.45, 2.75) is 25.8 Å². The fourth-order valence-corrected chi connectivity index (χ4v) is 2.99. The molecule has 1 atom stereocenters. The van der Waals surface area contributed by atoms with Gasteiger partial charge in [-0.25, -0.2) is 9.67 Å². The molecule has 0 spiro atoms. The number of aryl methyl sites for hydroxylation is 1. The van der Waals surface area contributed by atoms with Crippen molar-refractivity contribution in [3.05, 3.63) is 40.9 Å². The van der Waals surface area contributed by atoms with Gasteiger partial charge in [0.1, 0.15) is 5.82 Å². The molecule has 7 heteroatoms. The molecule has 0 aliphatic carbocycles. The maximum absolute atomic E-state index is 12.7. The van der Waals surface area contributed by atoms with Gasteiger partial charge in [0.2, 0.25) is 5.82 Å². The highest BCUT2D eigenvalue weighted by molar-refractivity contribution is 6.32. The molecule has 122 valence electrons. The largest absolute Gasteiger partial charge is 0.335 e. The quantitative estimate of drug-likeness (QED) is 0.928. The molecule has 0 bridgehead atoms. The molecule has 0 saturated carbocycles. The monoisotopic (exact) mass is 333 g/mol. The summed E-state index contributed by atoms with van der Waals surface area (Å²) in [5.41, 5.74) is 0.739. The highest BCUT2D eigenvalue weighted by atomic mass is 35.5. The molecule has 1 unspecified atom stereocenters. The lowest BCUT2D eigenvalue weighted by molar-refractivity contribution is 0.0731. The summed E-state index contributed by atoms with van der Waals surface area (Å²) in [4.78, 5) is 18.8. The van der Waals surface area contributed by atoms with Crippen molar-refractivity contribution in [3.8, 4) is 5.69 Å². The van der Waals surface area contributed by atoms with Crippen molar-refractivity contribution in [3.63, 3.8) is 0 Å². The number of benzene rings is 1. The number of amides is 1. The van der Waals surface area contributed by atoms with E-state index in [1.807, 2.05) is 32.2 Å². The van der Waals surface area contributed by atoms with Crippen LogP contribution in [-0.4, -0.2) is 51.8 Å². The van der Waals surface area contributed by atoms with Gasteiger partial charge in [0.25, 0.3) is 5.91 Å². The van der Waals surface area contributed by atoms with Crippen LogP contribution in [0.1, 0.15) is 29.8 Å². The minimum atomic E-state index is -0.154. The number of carbonyl (C=O) groups is 1. The van der Waals surface area contributed by atoms with Crippen molar-refractivity contribution >= 4 is 17.5 Å². The van der Waals surface area contributed by atoms with Gasteiger partial charge in [-0.2, -0.15) is 0 Å². The van der Waals surface area contributed by atoms with Crippen molar-refractivity contribution < 1.29 is 4.79 Å². The van der Waals surface area contributed by atoms with E-state index in [4.69, 9.17) is 11.6 Å². The molecule has 6 nitrogen and oxygen atoms in total. The summed E-state index contributed by atoms with van der Waals surface area (Å²) in [6.07, 6.45) is 1.62. The van der Waals surface area contributed by atoms with Gasteiger partial charge < -0.3 is 10.2 Å². The summed E-state index contributed by atoms with van der Waals surface area (Å²) in [5.74, 6) is 0.787. The smallest absolute Gasteiger partial charge is 0.293 e. The van der Waals surface area contributed by atoms with Crippen LogP contribution in [0, 0.1) is 0 Å². The van der Waals surface area contributed by atoms with E-state index in [-0.39, 0.29) is 17.8 Å². The Hall–Kier alpha value is -1.92. The standard InChI is InChI=1S/C16H20ClN5O/c1-3-14-19-15(16(23)21(2)11-8-9-18-10-11)20-22(14)13-7-5-4-6-12(13)17/h4-7,11,18H,3,8-10H2,1-2H3. The summed E-state index contributed by atoms with van der Waals surface area (Å²) < 4.78 is 1.66. The third kappa shape index (κ3) is 3.09. The SMILES string of the molecule is CCc1nc(C(=O)N(C)C2CCNC2)nn1-c1ccccc1Cl. The molecular formula is C16H20ClN5O. The Kier molecular flexibility index (Phi) is 4.63. The van der Waals surface area contributed by atoms with E-state index in [1.165, 1.54) is 0 Å². The number of rotatable bonds is 4. The topological polar surface area (TPSA) is 63.1 Å². The molecule has 1 aliphatic rings. The Morgan fingerprint density at radius 1 is 1.48 bits per heavy atom. The first-order valence-electron chi connectivity index (χ1n) is 7.80. The Morgan fingerprint density at radius 2 is 2.26 bits per heavy atom. The van der Waals surface area contributed by atoms with Gasteiger partial charge in [0.05, 0.1) is 10.7 Å². The van der Waals surface area contributed by atoms with Gasteiger partial charge in [-0.3, -0.25) is 4.79 Å². The molecule has 1 aromatic carbocycles. The average molecular weight is 334 g/mol. The van der Waals surface area contributed by atoms with Crippen molar-refractivity contribution in [1.82, 2.24) is 25.0 Å². The molecule has 23 heavy (non-hydrogen) atoms. The molecule has 1 amide bonds. The molecule has 2 aromatic rings. The fraction of sp³-hybridized carbons (Fsp3) is 0.438. The number of para-hydroxylation sites is 1. The molecule has 1 aromatic heterocycles. The normalized spacial score (nSPS) is 17.4. The molecule has 1 fully saturated rings. The summed E-state index contributed by atoms with van der Waals surface area (Å²) in [6.45, 7) is 3.73. The Balaban J connectivity index is 1.92. The number of halogens is 1. The average Bonchev–Trinajstić information content (AvgIpc) is 3.23. The lowest BCUT2D eigenvalue weighted by Crippen LogP contribution is -2.38. The maximum Gasteiger partial charge on any atom is 0.293 e.